The van der Waals surface area contributed by atoms with Gasteiger partial charge >= 0.3 is 0 Å². The van der Waals surface area contributed by atoms with Crippen molar-refractivity contribution in [2.45, 2.75) is 84.5 Å². The zero-order valence-corrected chi connectivity index (χ0v) is 18.5. The molecule has 1 aliphatic rings. The molecule has 1 heterocycles. The molecule has 3 rings (SSSR count). The van der Waals surface area contributed by atoms with Gasteiger partial charge in [-0.2, -0.15) is 0 Å². The maximum atomic E-state index is 5.99. The van der Waals surface area contributed by atoms with Crippen LogP contribution in [0.4, 0.5) is 0 Å². The molecule has 29 heavy (non-hydrogen) atoms. The Hall–Kier alpha value is -1.83. The minimum Gasteiger partial charge on any atom is -0.494 e. The maximum Gasteiger partial charge on any atom is 0.119 e. The highest BCUT2D eigenvalue weighted by atomic mass is 16.5. The van der Waals surface area contributed by atoms with Crippen molar-refractivity contribution in [1.82, 2.24) is 4.98 Å². The Bertz CT molecular complexity index is 683. The maximum absolute atomic E-state index is 5.99. The minimum absolute atomic E-state index is 0.832. The van der Waals surface area contributed by atoms with Gasteiger partial charge < -0.3 is 4.74 Å². The zero-order chi connectivity index (χ0) is 20.3. The van der Waals surface area contributed by atoms with Crippen LogP contribution in [0.5, 0.6) is 5.75 Å². The van der Waals surface area contributed by atoms with Gasteiger partial charge in [0.15, 0.2) is 0 Å². The first-order chi connectivity index (χ1) is 14.3. The summed E-state index contributed by atoms with van der Waals surface area (Å²) in [6, 6.07) is 12.8. The van der Waals surface area contributed by atoms with Crippen LogP contribution in [-0.2, 0) is 6.42 Å². The fraction of sp³-hybridized carbons (Fsp3) is 0.593. The highest BCUT2D eigenvalue weighted by Gasteiger charge is 2.20. The van der Waals surface area contributed by atoms with Gasteiger partial charge in [0.25, 0.3) is 0 Å². The summed E-state index contributed by atoms with van der Waals surface area (Å²) in [5.41, 5.74) is 3.52. The monoisotopic (exact) mass is 393 g/mol. The van der Waals surface area contributed by atoms with E-state index in [4.69, 9.17) is 4.74 Å². The van der Waals surface area contributed by atoms with Crippen molar-refractivity contribution in [2.75, 3.05) is 6.61 Å². The first-order valence-electron chi connectivity index (χ1n) is 12.0. The van der Waals surface area contributed by atoms with Gasteiger partial charge in [-0.1, -0.05) is 64.9 Å². The van der Waals surface area contributed by atoms with Crippen molar-refractivity contribution < 1.29 is 4.74 Å². The van der Waals surface area contributed by atoms with Crippen LogP contribution in [0.3, 0.4) is 0 Å². The molecule has 1 aromatic carbocycles. The smallest absolute Gasteiger partial charge is 0.119 e. The molecule has 1 saturated carbocycles. The third-order valence-electron chi connectivity index (χ3n) is 6.48. The van der Waals surface area contributed by atoms with Crippen molar-refractivity contribution in [1.29, 1.82) is 0 Å². The molecule has 1 fully saturated rings. The van der Waals surface area contributed by atoms with Crippen LogP contribution in [-0.4, -0.2) is 11.6 Å². The second-order valence-corrected chi connectivity index (χ2v) is 8.85. The molecule has 0 spiro atoms. The Labute approximate surface area is 178 Å². The summed E-state index contributed by atoms with van der Waals surface area (Å²) in [6.07, 6.45) is 16.7. The number of benzene rings is 1. The van der Waals surface area contributed by atoms with E-state index in [1.807, 2.05) is 6.20 Å². The molecule has 2 aromatic rings. The van der Waals surface area contributed by atoms with Gasteiger partial charge in [-0.15, -0.1) is 0 Å². The predicted octanol–water partition coefficient (Wildman–Crippen LogP) is 7.86. The molecular formula is C27H39NO. The number of unbranched alkanes of at least 4 members (excludes halogenated alkanes) is 1. The summed E-state index contributed by atoms with van der Waals surface area (Å²) in [6.45, 7) is 5.37. The largest absolute Gasteiger partial charge is 0.494 e. The van der Waals surface area contributed by atoms with Crippen LogP contribution in [0.1, 0.15) is 83.6 Å². The lowest BCUT2D eigenvalue weighted by Crippen LogP contribution is -2.15. The summed E-state index contributed by atoms with van der Waals surface area (Å²) >= 11 is 0. The van der Waals surface area contributed by atoms with Crippen LogP contribution < -0.4 is 4.74 Å². The van der Waals surface area contributed by atoms with Crippen molar-refractivity contribution in [3.05, 3.63) is 48.2 Å². The SMILES string of the molecule is CCCCc1ccc(-c2ccc(OCCCC3CCC(CCC)CC3)cc2)nc1. The van der Waals surface area contributed by atoms with Crippen LogP contribution in [0.25, 0.3) is 11.3 Å². The van der Waals surface area contributed by atoms with Crippen LogP contribution in [0.2, 0.25) is 0 Å². The molecule has 0 aliphatic heterocycles. The zero-order valence-electron chi connectivity index (χ0n) is 18.5. The van der Waals surface area contributed by atoms with E-state index in [-0.39, 0.29) is 0 Å². The van der Waals surface area contributed by atoms with Crippen molar-refractivity contribution in [3.63, 3.8) is 0 Å². The Kier molecular flexibility index (Phi) is 9.05. The lowest BCUT2D eigenvalue weighted by atomic mass is 9.78. The molecule has 158 valence electrons. The first kappa shape index (κ1) is 21.9. The molecule has 0 radical (unpaired) electrons. The van der Waals surface area contributed by atoms with E-state index in [9.17, 15) is 0 Å². The quantitative estimate of drug-likeness (QED) is 0.362. The van der Waals surface area contributed by atoms with Gasteiger partial charge in [-0.05, 0) is 73.4 Å². The van der Waals surface area contributed by atoms with Crippen molar-refractivity contribution in [2.24, 2.45) is 11.8 Å². The van der Waals surface area contributed by atoms with E-state index in [0.29, 0.717) is 0 Å². The molecule has 0 saturated heterocycles. The van der Waals surface area contributed by atoms with Gasteiger partial charge in [0.2, 0.25) is 0 Å². The number of ether oxygens (including phenoxy) is 1. The number of nitrogens with zero attached hydrogens (tertiary/aromatic N) is 1. The molecule has 0 unspecified atom stereocenters. The summed E-state index contributed by atoms with van der Waals surface area (Å²) in [4.78, 5) is 4.63. The average molecular weight is 394 g/mol. The second kappa shape index (κ2) is 12.0. The second-order valence-electron chi connectivity index (χ2n) is 8.85. The lowest BCUT2D eigenvalue weighted by Gasteiger charge is -2.28. The molecule has 0 amide bonds. The minimum atomic E-state index is 0.832. The third kappa shape index (κ3) is 7.17. The van der Waals surface area contributed by atoms with Gasteiger partial charge in [-0.3, -0.25) is 4.98 Å². The van der Waals surface area contributed by atoms with Crippen molar-refractivity contribution in [3.8, 4) is 17.0 Å². The number of aromatic nitrogens is 1. The van der Waals surface area contributed by atoms with E-state index >= 15 is 0 Å². The normalized spacial score (nSPS) is 19.2. The fourth-order valence-electron chi connectivity index (χ4n) is 4.63. The van der Waals surface area contributed by atoms with E-state index in [0.717, 1.165) is 41.9 Å². The number of rotatable bonds is 11. The Morgan fingerprint density at radius 1 is 0.828 bits per heavy atom. The average Bonchev–Trinajstić information content (AvgIpc) is 2.77. The van der Waals surface area contributed by atoms with Crippen LogP contribution >= 0.6 is 0 Å². The van der Waals surface area contributed by atoms with Gasteiger partial charge in [0.1, 0.15) is 5.75 Å². The number of aryl methyl sites for hydroxylation is 1. The van der Waals surface area contributed by atoms with Gasteiger partial charge in [0.05, 0.1) is 12.3 Å². The van der Waals surface area contributed by atoms with E-state index in [1.54, 1.807) is 0 Å². The van der Waals surface area contributed by atoms with E-state index < -0.39 is 0 Å². The van der Waals surface area contributed by atoms with Crippen LogP contribution in [0.15, 0.2) is 42.6 Å². The standard InChI is InChI=1S/C27H39NO/c1-3-5-8-24-14-19-27(28-21-24)25-15-17-26(18-16-25)29-20-6-9-23-12-10-22(7-4-2)11-13-23/h14-19,21-23H,3-13,20H2,1-2H3. The molecule has 0 bridgehead atoms. The third-order valence-corrected chi connectivity index (χ3v) is 6.48. The highest BCUT2D eigenvalue weighted by molar-refractivity contribution is 5.60. The molecule has 2 heteroatoms. The Morgan fingerprint density at radius 2 is 1.55 bits per heavy atom. The first-order valence-corrected chi connectivity index (χ1v) is 12.0. The predicted molar refractivity (Wildman–Crippen MR) is 123 cm³/mol. The van der Waals surface area contributed by atoms with E-state index in [1.165, 1.54) is 69.8 Å². The number of hydrogen-bond donors (Lipinski definition) is 0. The van der Waals surface area contributed by atoms with E-state index in [2.05, 4.69) is 55.2 Å². The number of hydrogen-bond acceptors (Lipinski definition) is 2. The topological polar surface area (TPSA) is 22.1 Å². The fourth-order valence-corrected chi connectivity index (χ4v) is 4.63. The molecular weight excluding hydrogens is 354 g/mol. The molecule has 1 aliphatic carbocycles. The highest BCUT2D eigenvalue weighted by Crippen LogP contribution is 2.33. The summed E-state index contributed by atoms with van der Waals surface area (Å²) < 4.78 is 5.99. The molecule has 2 nitrogen and oxygen atoms in total. The summed E-state index contributed by atoms with van der Waals surface area (Å²) in [7, 11) is 0. The lowest BCUT2D eigenvalue weighted by molar-refractivity contribution is 0.230. The Balaban J connectivity index is 1.37. The summed E-state index contributed by atoms with van der Waals surface area (Å²) in [5.74, 6) is 2.91. The molecule has 0 N–H and O–H groups in total. The van der Waals surface area contributed by atoms with Crippen molar-refractivity contribution >= 4 is 0 Å². The molecule has 0 atom stereocenters. The number of pyridine rings is 1. The Morgan fingerprint density at radius 3 is 2.17 bits per heavy atom. The molecule has 1 aromatic heterocycles. The van der Waals surface area contributed by atoms with Crippen LogP contribution in [0, 0.1) is 11.8 Å². The van der Waals surface area contributed by atoms with Gasteiger partial charge in [-0.25, -0.2) is 0 Å². The summed E-state index contributed by atoms with van der Waals surface area (Å²) in [5, 5.41) is 0. The van der Waals surface area contributed by atoms with Gasteiger partial charge in [0, 0.05) is 11.8 Å².